The van der Waals surface area contributed by atoms with Crippen molar-refractivity contribution < 1.29 is 9.18 Å². The van der Waals surface area contributed by atoms with Gasteiger partial charge >= 0.3 is 0 Å². The minimum Gasteiger partial charge on any atom is -0.372 e. The lowest BCUT2D eigenvalue weighted by atomic mass is 10.1. The Morgan fingerprint density at radius 3 is 2.50 bits per heavy atom. The lowest BCUT2D eigenvalue weighted by Crippen LogP contribution is -2.22. The van der Waals surface area contributed by atoms with Crippen LogP contribution in [0.2, 0.25) is 0 Å². The van der Waals surface area contributed by atoms with Gasteiger partial charge in [0.15, 0.2) is 5.78 Å². The molecule has 0 amide bonds. The highest BCUT2D eigenvalue weighted by molar-refractivity contribution is 9.10. The molecule has 2 nitrogen and oxygen atoms in total. The Bertz CT molecular complexity index is 615. The number of hydrogen-bond donors (Lipinski definition) is 0. The highest BCUT2D eigenvalue weighted by Crippen LogP contribution is 2.20. The quantitative estimate of drug-likeness (QED) is 0.759. The summed E-state index contributed by atoms with van der Waals surface area (Å²) in [5, 5.41) is 0. The number of carbonyl (C=O) groups is 1. The standard InChI is InChI=1S/C16H15BrFNO/c1-19(15-9-5-4-8-14(15)18)11-10-16(20)12-6-2-3-7-13(12)17/h2-9H,10-11H2,1H3. The normalized spacial score (nSPS) is 10.3. The number of hydrogen-bond acceptors (Lipinski definition) is 2. The summed E-state index contributed by atoms with van der Waals surface area (Å²) in [5.41, 5.74) is 1.17. The van der Waals surface area contributed by atoms with Crippen molar-refractivity contribution in [1.82, 2.24) is 0 Å². The molecule has 2 aromatic rings. The number of Topliss-reactive ketones (excluding diaryl/α,β-unsaturated/α-hetero) is 1. The van der Waals surface area contributed by atoms with Crippen LogP contribution in [0.5, 0.6) is 0 Å². The molecule has 0 bridgehead atoms. The van der Waals surface area contributed by atoms with E-state index in [1.54, 1.807) is 36.2 Å². The molecule has 0 saturated heterocycles. The summed E-state index contributed by atoms with van der Waals surface area (Å²) < 4.78 is 14.4. The lowest BCUT2D eigenvalue weighted by Gasteiger charge is -2.19. The summed E-state index contributed by atoms with van der Waals surface area (Å²) in [6.45, 7) is 0.473. The fraction of sp³-hybridized carbons (Fsp3) is 0.188. The molecule has 0 spiro atoms. The summed E-state index contributed by atoms with van der Waals surface area (Å²) in [7, 11) is 1.78. The van der Waals surface area contributed by atoms with Crippen molar-refractivity contribution >= 4 is 27.4 Å². The molecule has 0 radical (unpaired) electrons. The zero-order valence-corrected chi connectivity index (χ0v) is 12.7. The Morgan fingerprint density at radius 1 is 1.15 bits per heavy atom. The second-order valence-corrected chi connectivity index (χ2v) is 5.38. The van der Waals surface area contributed by atoms with E-state index < -0.39 is 0 Å². The molecule has 2 rings (SSSR count). The van der Waals surface area contributed by atoms with E-state index in [0.717, 1.165) is 4.47 Å². The number of halogens is 2. The van der Waals surface area contributed by atoms with Gasteiger partial charge in [-0.05, 0) is 18.2 Å². The van der Waals surface area contributed by atoms with Crippen LogP contribution in [0.3, 0.4) is 0 Å². The molecular weight excluding hydrogens is 321 g/mol. The first-order valence-electron chi connectivity index (χ1n) is 6.33. The first-order valence-corrected chi connectivity index (χ1v) is 7.12. The summed E-state index contributed by atoms with van der Waals surface area (Å²) in [5.74, 6) is -0.232. The van der Waals surface area contributed by atoms with Crippen LogP contribution < -0.4 is 4.90 Å². The monoisotopic (exact) mass is 335 g/mol. The summed E-state index contributed by atoms with van der Waals surface area (Å²) >= 11 is 3.37. The maximum atomic E-state index is 13.6. The van der Waals surface area contributed by atoms with E-state index in [0.29, 0.717) is 24.2 Å². The molecule has 0 fully saturated rings. The number of carbonyl (C=O) groups excluding carboxylic acids is 1. The van der Waals surface area contributed by atoms with Crippen LogP contribution in [-0.4, -0.2) is 19.4 Å². The van der Waals surface area contributed by atoms with E-state index in [1.807, 2.05) is 18.2 Å². The molecule has 0 aliphatic carbocycles. The van der Waals surface area contributed by atoms with Crippen molar-refractivity contribution in [3.8, 4) is 0 Å². The van der Waals surface area contributed by atoms with Gasteiger partial charge in [-0.15, -0.1) is 0 Å². The number of rotatable bonds is 5. The van der Waals surface area contributed by atoms with Crippen molar-refractivity contribution in [3.05, 3.63) is 64.4 Å². The van der Waals surface area contributed by atoms with E-state index in [2.05, 4.69) is 15.9 Å². The molecule has 2 aromatic carbocycles. The Hall–Kier alpha value is -1.68. The van der Waals surface area contributed by atoms with E-state index in [1.165, 1.54) is 6.07 Å². The van der Waals surface area contributed by atoms with Gasteiger partial charge < -0.3 is 4.90 Å². The highest BCUT2D eigenvalue weighted by Gasteiger charge is 2.12. The van der Waals surface area contributed by atoms with Crippen molar-refractivity contribution in [3.63, 3.8) is 0 Å². The molecule has 0 aromatic heterocycles. The van der Waals surface area contributed by atoms with Crippen molar-refractivity contribution in [2.24, 2.45) is 0 Å². The van der Waals surface area contributed by atoms with Gasteiger partial charge in [0.25, 0.3) is 0 Å². The van der Waals surface area contributed by atoms with E-state index in [-0.39, 0.29) is 11.6 Å². The number of nitrogens with zero attached hydrogens (tertiary/aromatic N) is 1. The molecule has 0 aliphatic heterocycles. The molecule has 0 aliphatic rings. The minimum atomic E-state index is -0.275. The molecule has 4 heteroatoms. The average Bonchev–Trinajstić information content (AvgIpc) is 2.45. The predicted octanol–water partition coefficient (Wildman–Crippen LogP) is 4.30. The fourth-order valence-electron chi connectivity index (χ4n) is 1.97. The van der Waals surface area contributed by atoms with Gasteiger partial charge in [0.1, 0.15) is 5.82 Å². The topological polar surface area (TPSA) is 20.3 Å². The van der Waals surface area contributed by atoms with Gasteiger partial charge in [-0.1, -0.05) is 46.3 Å². The third-order valence-corrected chi connectivity index (χ3v) is 3.80. The average molecular weight is 336 g/mol. The number of para-hydroxylation sites is 1. The van der Waals surface area contributed by atoms with Crippen LogP contribution in [0.15, 0.2) is 53.0 Å². The fourth-order valence-corrected chi connectivity index (χ4v) is 2.48. The van der Waals surface area contributed by atoms with E-state index in [9.17, 15) is 9.18 Å². The van der Waals surface area contributed by atoms with Crippen molar-refractivity contribution in [2.75, 3.05) is 18.5 Å². The van der Waals surface area contributed by atoms with Crippen LogP contribution in [0.25, 0.3) is 0 Å². The maximum Gasteiger partial charge on any atom is 0.165 e. The van der Waals surface area contributed by atoms with Crippen LogP contribution in [0.4, 0.5) is 10.1 Å². The molecule has 0 N–H and O–H groups in total. The smallest absolute Gasteiger partial charge is 0.165 e. The molecular formula is C16H15BrFNO. The first kappa shape index (κ1) is 14.7. The summed E-state index contributed by atoms with van der Waals surface area (Å²) in [6, 6.07) is 13.9. The van der Waals surface area contributed by atoms with Gasteiger partial charge in [0.05, 0.1) is 5.69 Å². The van der Waals surface area contributed by atoms with Crippen LogP contribution in [-0.2, 0) is 0 Å². The van der Waals surface area contributed by atoms with Gasteiger partial charge in [-0.2, -0.15) is 0 Å². The molecule has 0 unspecified atom stereocenters. The van der Waals surface area contributed by atoms with E-state index in [4.69, 9.17) is 0 Å². The first-order chi connectivity index (χ1) is 9.59. The molecule has 0 saturated carbocycles. The Balaban J connectivity index is 2.01. The minimum absolute atomic E-state index is 0.0423. The number of benzene rings is 2. The molecule has 104 valence electrons. The van der Waals surface area contributed by atoms with Gasteiger partial charge in [0, 0.05) is 30.0 Å². The molecule has 0 atom stereocenters. The largest absolute Gasteiger partial charge is 0.372 e. The lowest BCUT2D eigenvalue weighted by molar-refractivity contribution is 0.0984. The van der Waals surface area contributed by atoms with Crippen LogP contribution in [0, 0.1) is 5.82 Å². The third-order valence-electron chi connectivity index (χ3n) is 3.11. The van der Waals surface area contributed by atoms with Crippen molar-refractivity contribution in [2.45, 2.75) is 6.42 Å². The summed E-state index contributed by atoms with van der Waals surface area (Å²) in [6.07, 6.45) is 0.341. The second-order valence-electron chi connectivity index (χ2n) is 4.53. The zero-order valence-electron chi connectivity index (χ0n) is 11.1. The maximum absolute atomic E-state index is 13.6. The number of ketones is 1. The molecule has 0 heterocycles. The Kier molecular flexibility index (Phi) is 4.90. The highest BCUT2D eigenvalue weighted by atomic mass is 79.9. The van der Waals surface area contributed by atoms with Crippen LogP contribution >= 0.6 is 15.9 Å². The SMILES string of the molecule is CN(CCC(=O)c1ccccc1Br)c1ccccc1F. The zero-order chi connectivity index (χ0) is 14.5. The van der Waals surface area contributed by atoms with Crippen LogP contribution in [0.1, 0.15) is 16.8 Å². The Morgan fingerprint density at radius 2 is 1.80 bits per heavy atom. The third kappa shape index (κ3) is 3.45. The predicted molar refractivity (Wildman–Crippen MR) is 82.8 cm³/mol. The van der Waals surface area contributed by atoms with Gasteiger partial charge in [-0.25, -0.2) is 4.39 Å². The van der Waals surface area contributed by atoms with Crippen molar-refractivity contribution in [1.29, 1.82) is 0 Å². The summed E-state index contributed by atoms with van der Waals surface area (Å²) in [4.78, 5) is 13.9. The number of anilines is 1. The van der Waals surface area contributed by atoms with Gasteiger partial charge in [0.2, 0.25) is 0 Å². The van der Waals surface area contributed by atoms with Gasteiger partial charge in [-0.3, -0.25) is 4.79 Å². The second kappa shape index (κ2) is 6.66. The van der Waals surface area contributed by atoms with E-state index >= 15 is 0 Å². The Labute approximate surface area is 126 Å². The molecule has 20 heavy (non-hydrogen) atoms.